The van der Waals surface area contributed by atoms with Crippen LogP contribution in [-0.2, 0) is 0 Å². The van der Waals surface area contributed by atoms with Gasteiger partial charge in [-0.15, -0.1) is 0 Å². The second-order valence-corrected chi connectivity index (χ2v) is 8.19. The van der Waals surface area contributed by atoms with Crippen LogP contribution in [0.15, 0.2) is 18.2 Å². The normalized spacial score (nSPS) is 24.3. The summed E-state index contributed by atoms with van der Waals surface area (Å²) in [4.78, 5) is 0. The highest BCUT2D eigenvalue weighted by Gasteiger charge is 2.29. The van der Waals surface area contributed by atoms with E-state index in [4.69, 9.17) is 0 Å². The summed E-state index contributed by atoms with van der Waals surface area (Å²) in [5.41, 5.74) is 3.13. The standard InChI is InChI=1S/C17H26IN/c1-12-5-8-15(11-16(12)18)19-14-9-6-13(7-10-14)17(2,3)4/h5,8,11,13-14,19H,6-7,9-10H2,1-4H3. The second kappa shape index (κ2) is 6.02. The van der Waals surface area contributed by atoms with Crippen molar-refractivity contribution in [3.8, 4) is 0 Å². The third-order valence-corrected chi connectivity index (χ3v) is 5.66. The number of halogens is 1. The minimum atomic E-state index is 0.476. The van der Waals surface area contributed by atoms with Crippen LogP contribution in [0.1, 0.15) is 52.0 Å². The van der Waals surface area contributed by atoms with E-state index in [9.17, 15) is 0 Å². The number of nitrogens with one attached hydrogen (secondary N) is 1. The Hall–Kier alpha value is -0.250. The highest BCUT2D eigenvalue weighted by atomic mass is 127. The van der Waals surface area contributed by atoms with Gasteiger partial charge >= 0.3 is 0 Å². The Balaban J connectivity index is 1.90. The van der Waals surface area contributed by atoms with Crippen molar-refractivity contribution in [2.24, 2.45) is 11.3 Å². The van der Waals surface area contributed by atoms with Gasteiger partial charge in [-0.25, -0.2) is 0 Å². The van der Waals surface area contributed by atoms with Gasteiger partial charge in [0, 0.05) is 15.3 Å². The Morgan fingerprint density at radius 1 is 1.11 bits per heavy atom. The Morgan fingerprint density at radius 2 is 1.74 bits per heavy atom. The van der Waals surface area contributed by atoms with Crippen molar-refractivity contribution in [2.45, 2.75) is 59.4 Å². The molecule has 0 atom stereocenters. The molecule has 1 fully saturated rings. The monoisotopic (exact) mass is 371 g/mol. The summed E-state index contributed by atoms with van der Waals surface area (Å²) >= 11 is 2.42. The van der Waals surface area contributed by atoms with E-state index < -0.39 is 0 Å². The number of hydrogen-bond donors (Lipinski definition) is 1. The predicted molar refractivity (Wildman–Crippen MR) is 92.7 cm³/mol. The number of aryl methyl sites for hydroxylation is 1. The maximum absolute atomic E-state index is 3.72. The molecule has 1 aromatic rings. The van der Waals surface area contributed by atoms with Crippen molar-refractivity contribution >= 4 is 28.3 Å². The number of rotatable bonds is 2. The first-order valence-electron chi connectivity index (χ1n) is 7.39. The molecule has 1 N–H and O–H groups in total. The number of benzene rings is 1. The second-order valence-electron chi connectivity index (χ2n) is 7.02. The zero-order chi connectivity index (χ0) is 14.0. The van der Waals surface area contributed by atoms with Gasteiger partial charge in [0.15, 0.2) is 0 Å². The molecule has 1 aromatic carbocycles. The fourth-order valence-corrected chi connectivity index (χ4v) is 3.54. The van der Waals surface area contributed by atoms with E-state index in [2.05, 4.69) is 73.8 Å². The van der Waals surface area contributed by atoms with Gasteiger partial charge in [-0.05, 0) is 84.2 Å². The van der Waals surface area contributed by atoms with Crippen molar-refractivity contribution in [3.05, 3.63) is 27.3 Å². The quantitative estimate of drug-likeness (QED) is 0.666. The Morgan fingerprint density at radius 3 is 2.26 bits per heavy atom. The minimum absolute atomic E-state index is 0.476. The lowest BCUT2D eigenvalue weighted by molar-refractivity contribution is 0.173. The first kappa shape index (κ1) is 15.1. The summed E-state index contributed by atoms with van der Waals surface area (Å²) < 4.78 is 1.35. The highest BCUT2D eigenvalue weighted by molar-refractivity contribution is 14.1. The van der Waals surface area contributed by atoms with E-state index in [-0.39, 0.29) is 0 Å². The van der Waals surface area contributed by atoms with Crippen molar-refractivity contribution in [1.29, 1.82) is 0 Å². The molecule has 19 heavy (non-hydrogen) atoms. The van der Waals surface area contributed by atoms with Crippen LogP contribution in [0.5, 0.6) is 0 Å². The molecule has 0 saturated heterocycles. The zero-order valence-corrected chi connectivity index (χ0v) is 14.8. The van der Waals surface area contributed by atoms with Crippen LogP contribution in [0, 0.1) is 21.8 Å². The molecule has 106 valence electrons. The lowest BCUT2D eigenvalue weighted by Crippen LogP contribution is -2.31. The molecule has 2 heteroatoms. The van der Waals surface area contributed by atoms with Crippen molar-refractivity contribution in [3.63, 3.8) is 0 Å². The summed E-state index contributed by atoms with van der Waals surface area (Å²) in [5, 5.41) is 3.72. The molecule has 1 saturated carbocycles. The zero-order valence-electron chi connectivity index (χ0n) is 12.6. The smallest absolute Gasteiger partial charge is 0.0353 e. The van der Waals surface area contributed by atoms with Crippen molar-refractivity contribution < 1.29 is 0 Å². The van der Waals surface area contributed by atoms with Gasteiger partial charge in [-0.2, -0.15) is 0 Å². The molecule has 1 aliphatic rings. The van der Waals surface area contributed by atoms with E-state index in [1.165, 1.54) is 40.5 Å². The number of hydrogen-bond acceptors (Lipinski definition) is 1. The van der Waals surface area contributed by atoms with Crippen LogP contribution in [0.3, 0.4) is 0 Å². The summed E-state index contributed by atoms with van der Waals surface area (Å²) in [6.07, 6.45) is 5.35. The van der Waals surface area contributed by atoms with Gasteiger partial charge in [0.1, 0.15) is 0 Å². The van der Waals surface area contributed by atoms with E-state index in [1.54, 1.807) is 0 Å². The SMILES string of the molecule is Cc1ccc(NC2CCC(C(C)(C)C)CC2)cc1I. The van der Waals surface area contributed by atoms with Crippen LogP contribution in [0.25, 0.3) is 0 Å². The van der Waals surface area contributed by atoms with Crippen molar-refractivity contribution in [2.75, 3.05) is 5.32 Å². The minimum Gasteiger partial charge on any atom is -0.382 e. The molecule has 0 radical (unpaired) electrons. The van der Waals surface area contributed by atoms with E-state index in [0.717, 1.165) is 5.92 Å². The first-order valence-corrected chi connectivity index (χ1v) is 8.47. The summed E-state index contributed by atoms with van der Waals surface area (Å²) in [6.45, 7) is 9.31. The Kier molecular flexibility index (Phi) is 4.80. The predicted octanol–water partition coefficient (Wildman–Crippen LogP) is 5.62. The van der Waals surface area contributed by atoms with Gasteiger partial charge in [0.25, 0.3) is 0 Å². The molecule has 0 aromatic heterocycles. The van der Waals surface area contributed by atoms with Gasteiger partial charge < -0.3 is 5.32 Å². The largest absolute Gasteiger partial charge is 0.382 e. The maximum Gasteiger partial charge on any atom is 0.0353 e. The van der Waals surface area contributed by atoms with Crippen LogP contribution in [0.2, 0.25) is 0 Å². The Labute approximate surface area is 131 Å². The van der Waals surface area contributed by atoms with Gasteiger partial charge in [0.2, 0.25) is 0 Å². The molecule has 0 spiro atoms. The summed E-state index contributed by atoms with van der Waals surface area (Å²) in [6, 6.07) is 7.36. The molecule has 0 heterocycles. The van der Waals surface area contributed by atoms with Crippen LogP contribution < -0.4 is 5.32 Å². The van der Waals surface area contributed by atoms with E-state index in [1.807, 2.05) is 0 Å². The molecule has 1 aliphatic carbocycles. The molecule has 0 bridgehead atoms. The fraction of sp³-hybridized carbons (Fsp3) is 0.647. The van der Waals surface area contributed by atoms with Gasteiger partial charge in [0.05, 0.1) is 0 Å². The first-order chi connectivity index (χ1) is 8.86. The third-order valence-electron chi connectivity index (χ3n) is 4.49. The fourth-order valence-electron chi connectivity index (χ4n) is 3.02. The van der Waals surface area contributed by atoms with Gasteiger partial charge in [-0.1, -0.05) is 26.8 Å². The topological polar surface area (TPSA) is 12.0 Å². The average Bonchev–Trinajstić information content (AvgIpc) is 2.33. The van der Waals surface area contributed by atoms with Crippen LogP contribution in [-0.4, -0.2) is 6.04 Å². The summed E-state index contributed by atoms with van der Waals surface area (Å²) in [7, 11) is 0. The highest BCUT2D eigenvalue weighted by Crippen LogP contribution is 2.38. The summed E-state index contributed by atoms with van der Waals surface area (Å²) in [5.74, 6) is 0.892. The molecular weight excluding hydrogens is 345 g/mol. The maximum atomic E-state index is 3.72. The van der Waals surface area contributed by atoms with Crippen molar-refractivity contribution in [1.82, 2.24) is 0 Å². The lowest BCUT2D eigenvalue weighted by atomic mass is 9.71. The third kappa shape index (κ3) is 4.11. The van der Waals surface area contributed by atoms with E-state index >= 15 is 0 Å². The van der Waals surface area contributed by atoms with Crippen LogP contribution >= 0.6 is 22.6 Å². The van der Waals surface area contributed by atoms with E-state index in [0.29, 0.717) is 11.5 Å². The van der Waals surface area contributed by atoms with Crippen LogP contribution in [0.4, 0.5) is 5.69 Å². The molecule has 0 aliphatic heterocycles. The lowest BCUT2D eigenvalue weighted by Gasteiger charge is -2.37. The molecular formula is C17H26IN. The number of anilines is 1. The Bertz CT molecular complexity index is 425. The molecule has 0 unspecified atom stereocenters. The molecule has 2 rings (SSSR count). The molecule has 0 amide bonds. The molecule has 1 nitrogen and oxygen atoms in total. The average molecular weight is 371 g/mol. The van der Waals surface area contributed by atoms with Gasteiger partial charge in [-0.3, -0.25) is 0 Å².